The Hall–Kier alpha value is -4.83. The average molecular weight is 536 g/mol. The van der Waals surface area contributed by atoms with Crippen LogP contribution in [0.1, 0.15) is 29.3 Å². The maximum Gasteiger partial charge on any atom is 0.314 e. The van der Waals surface area contributed by atoms with E-state index < -0.39 is 10.8 Å². The fourth-order valence-electron chi connectivity index (χ4n) is 5.29. The molecule has 4 aromatic rings. The molecule has 2 atom stereocenters. The van der Waals surface area contributed by atoms with Gasteiger partial charge >= 0.3 is 5.85 Å². The standard InChI is InChI=1S/C29H21N5O4S/c35-28-30-29(27(39-28)17-22-9-6-16-32(22)20-12-14-21(15-13-20)34(36)37)33-25(23-10-4-5-11-26(23)38-29)18-24(31-33)19-7-2-1-3-8-19/h1-17,25H,18H2,(H,30,35)/b27-17-. The number of nitrogens with one attached hydrogen (secondary N) is 1. The number of hydrogen-bond acceptors (Lipinski definition) is 7. The van der Waals surface area contributed by atoms with Crippen molar-refractivity contribution in [3.05, 3.63) is 129 Å². The molecule has 2 unspecified atom stereocenters. The lowest BCUT2D eigenvalue weighted by Gasteiger charge is -2.45. The molecular weight excluding hydrogens is 514 g/mol. The van der Waals surface area contributed by atoms with Crippen molar-refractivity contribution in [2.75, 3.05) is 0 Å². The molecule has 3 aromatic carbocycles. The van der Waals surface area contributed by atoms with Gasteiger partial charge in [-0.1, -0.05) is 48.5 Å². The normalized spacial score (nSPS) is 22.3. The Labute approximate surface area is 227 Å². The molecule has 0 radical (unpaired) electrons. The lowest BCUT2D eigenvalue weighted by molar-refractivity contribution is -0.384. The number of benzene rings is 3. The first kappa shape index (κ1) is 23.3. The van der Waals surface area contributed by atoms with Crippen LogP contribution in [0.5, 0.6) is 5.75 Å². The number of nitrogens with zero attached hydrogens (tertiary/aromatic N) is 4. The molecule has 0 saturated carbocycles. The van der Waals surface area contributed by atoms with E-state index in [1.165, 1.54) is 12.1 Å². The van der Waals surface area contributed by atoms with Gasteiger partial charge in [0.15, 0.2) is 0 Å². The summed E-state index contributed by atoms with van der Waals surface area (Å²) in [4.78, 5) is 24.3. The minimum absolute atomic E-state index is 0.0207. The van der Waals surface area contributed by atoms with E-state index in [1.54, 1.807) is 12.1 Å². The molecule has 1 fully saturated rings. The first-order valence-corrected chi connectivity index (χ1v) is 13.2. The third-order valence-corrected chi connectivity index (χ3v) is 7.98. The Morgan fingerprint density at radius 3 is 2.59 bits per heavy atom. The second-order valence-electron chi connectivity index (χ2n) is 9.36. The van der Waals surface area contributed by atoms with Crippen LogP contribution in [0, 0.1) is 10.1 Å². The number of amides is 1. The summed E-state index contributed by atoms with van der Waals surface area (Å²) in [6, 6.07) is 27.9. The molecule has 1 spiro atoms. The second kappa shape index (κ2) is 8.88. The van der Waals surface area contributed by atoms with E-state index in [0.29, 0.717) is 17.1 Å². The van der Waals surface area contributed by atoms with Crippen LogP contribution in [-0.2, 0) is 0 Å². The SMILES string of the molecule is O=C1NC2(Oc3ccccc3C3CC(c4ccccc4)=NN32)/C(=C/c2cccn2-c2ccc([N+](=O)[O-])cc2)S1. The number of non-ortho nitro benzene ring substituents is 1. The number of fused-ring (bicyclic) bond motifs is 4. The fraction of sp³-hybridized carbons (Fsp3) is 0.103. The molecule has 1 amide bonds. The highest BCUT2D eigenvalue weighted by molar-refractivity contribution is 8.17. The highest BCUT2D eigenvalue weighted by Gasteiger charge is 2.58. The summed E-state index contributed by atoms with van der Waals surface area (Å²) in [5.41, 5.74) is 4.51. The average Bonchev–Trinajstić information content (AvgIpc) is 3.68. The summed E-state index contributed by atoms with van der Waals surface area (Å²) >= 11 is 1.07. The molecule has 1 aromatic heterocycles. The number of rotatable bonds is 4. The summed E-state index contributed by atoms with van der Waals surface area (Å²) in [6.45, 7) is 0. The van der Waals surface area contributed by atoms with Gasteiger partial charge in [0.25, 0.3) is 10.9 Å². The molecule has 0 bridgehead atoms. The molecule has 39 heavy (non-hydrogen) atoms. The van der Waals surface area contributed by atoms with Crippen LogP contribution in [0.2, 0.25) is 0 Å². The number of para-hydroxylation sites is 1. The number of nitro groups is 1. The van der Waals surface area contributed by atoms with Gasteiger partial charge in [0.1, 0.15) is 5.75 Å². The van der Waals surface area contributed by atoms with E-state index in [4.69, 9.17) is 9.84 Å². The number of ether oxygens (including phenoxy) is 1. The smallest absolute Gasteiger partial charge is 0.314 e. The van der Waals surface area contributed by atoms with E-state index in [1.807, 2.05) is 88.6 Å². The maximum absolute atomic E-state index is 12.9. The number of aromatic nitrogens is 1. The molecule has 7 rings (SSSR count). The summed E-state index contributed by atoms with van der Waals surface area (Å²) in [5.74, 6) is -0.621. The highest BCUT2D eigenvalue weighted by atomic mass is 32.2. The van der Waals surface area contributed by atoms with Gasteiger partial charge < -0.3 is 9.30 Å². The highest BCUT2D eigenvalue weighted by Crippen LogP contribution is 2.52. The van der Waals surface area contributed by atoms with E-state index in [9.17, 15) is 14.9 Å². The lowest BCUT2D eigenvalue weighted by atomic mass is 9.96. The molecule has 1 N–H and O–H groups in total. The Morgan fingerprint density at radius 2 is 1.79 bits per heavy atom. The Bertz CT molecular complexity index is 1680. The minimum Gasteiger partial charge on any atom is -0.444 e. The number of carbonyl (C=O) groups excluding carboxylic acids is 1. The summed E-state index contributed by atoms with van der Waals surface area (Å²) in [7, 11) is 0. The van der Waals surface area contributed by atoms with Gasteiger partial charge in [-0.3, -0.25) is 20.2 Å². The van der Waals surface area contributed by atoms with E-state index >= 15 is 0 Å². The zero-order valence-electron chi connectivity index (χ0n) is 20.4. The van der Waals surface area contributed by atoms with Crippen LogP contribution in [0.4, 0.5) is 10.5 Å². The molecule has 3 aliphatic rings. The third-order valence-electron chi connectivity index (χ3n) is 7.08. The van der Waals surface area contributed by atoms with Crippen molar-refractivity contribution in [1.29, 1.82) is 0 Å². The molecule has 10 heteroatoms. The zero-order valence-corrected chi connectivity index (χ0v) is 21.2. The van der Waals surface area contributed by atoms with Crippen LogP contribution >= 0.6 is 11.8 Å². The molecule has 1 saturated heterocycles. The maximum atomic E-state index is 12.9. The first-order chi connectivity index (χ1) is 19.0. The van der Waals surface area contributed by atoms with E-state index in [0.717, 1.165) is 40.0 Å². The number of thioether (sulfide) groups is 1. The van der Waals surface area contributed by atoms with Gasteiger partial charge in [-0.2, -0.15) is 5.10 Å². The molecular formula is C29H21N5O4S. The monoisotopic (exact) mass is 535 g/mol. The predicted octanol–water partition coefficient (Wildman–Crippen LogP) is 6.08. The number of carbonyl (C=O) groups is 1. The topological polar surface area (TPSA) is 102 Å². The molecule has 4 heterocycles. The predicted molar refractivity (Wildman–Crippen MR) is 149 cm³/mol. The van der Waals surface area contributed by atoms with Crippen LogP contribution in [0.3, 0.4) is 0 Å². The summed E-state index contributed by atoms with van der Waals surface area (Å²) in [5, 5.41) is 20.8. The Morgan fingerprint density at radius 1 is 1.03 bits per heavy atom. The summed E-state index contributed by atoms with van der Waals surface area (Å²) < 4.78 is 8.52. The van der Waals surface area contributed by atoms with E-state index in [2.05, 4.69) is 5.32 Å². The first-order valence-electron chi connectivity index (χ1n) is 12.4. The molecule has 192 valence electrons. The van der Waals surface area contributed by atoms with Gasteiger partial charge in [-0.05, 0) is 53.7 Å². The Kier molecular flexibility index (Phi) is 5.31. The second-order valence-corrected chi connectivity index (χ2v) is 10.4. The van der Waals surface area contributed by atoms with Gasteiger partial charge in [-0.25, -0.2) is 5.01 Å². The largest absolute Gasteiger partial charge is 0.444 e. The Balaban J connectivity index is 1.34. The van der Waals surface area contributed by atoms with Crippen molar-refractivity contribution >= 4 is 34.5 Å². The van der Waals surface area contributed by atoms with Crippen LogP contribution in [0.15, 0.2) is 107 Å². The number of hydrogen-bond donors (Lipinski definition) is 1. The van der Waals surface area contributed by atoms with Gasteiger partial charge in [0, 0.05) is 41.7 Å². The van der Waals surface area contributed by atoms with Gasteiger partial charge in [0.2, 0.25) is 0 Å². The third kappa shape index (κ3) is 3.79. The van der Waals surface area contributed by atoms with Crippen LogP contribution in [0.25, 0.3) is 11.8 Å². The fourth-order valence-corrected chi connectivity index (χ4v) is 6.18. The van der Waals surface area contributed by atoms with Crippen molar-refractivity contribution in [3.8, 4) is 11.4 Å². The van der Waals surface area contributed by atoms with Gasteiger partial charge in [-0.15, -0.1) is 0 Å². The van der Waals surface area contributed by atoms with Crippen molar-refractivity contribution in [3.63, 3.8) is 0 Å². The zero-order chi connectivity index (χ0) is 26.6. The van der Waals surface area contributed by atoms with Crippen LogP contribution in [-0.4, -0.2) is 31.3 Å². The van der Waals surface area contributed by atoms with Crippen molar-refractivity contribution < 1.29 is 14.5 Å². The van der Waals surface area contributed by atoms with Crippen molar-refractivity contribution in [1.82, 2.24) is 14.9 Å². The van der Waals surface area contributed by atoms with E-state index in [-0.39, 0.29) is 17.0 Å². The van der Waals surface area contributed by atoms with Crippen molar-refractivity contribution in [2.24, 2.45) is 5.10 Å². The molecule has 3 aliphatic heterocycles. The molecule has 0 aliphatic carbocycles. The summed E-state index contributed by atoms with van der Waals surface area (Å²) in [6.07, 6.45) is 4.45. The quantitative estimate of drug-likeness (QED) is 0.251. The van der Waals surface area contributed by atoms with Crippen LogP contribution < -0.4 is 10.1 Å². The van der Waals surface area contributed by atoms with Crippen molar-refractivity contribution in [2.45, 2.75) is 18.3 Å². The minimum atomic E-state index is -1.32. The number of hydrazone groups is 1. The molecule has 9 nitrogen and oxygen atoms in total. The number of nitro benzene ring substituents is 1. The van der Waals surface area contributed by atoms with Gasteiger partial charge in [0.05, 0.1) is 21.6 Å². The lowest BCUT2D eigenvalue weighted by Crippen LogP contribution is -2.61.